The summed E-state index contributed by atoms with van der Waals surface area (Å²) in [7, 11) is 0. The van der Waals surface area contributed by atoms with Crippen molar-refractivity contribution in [2.24, 2.45) is 0 Å². The molecule has 1 aliphatic carbocycles. The minimum atomic E-state index is -2.12. The summed E-state index contributed by atoms with van der Waals surface area (Å²) in [6.07, 6.45) is -2.12. The molecule has 1 aliphatic rings. The van der Waals surface area contributed by atoms with Gasteiger partial charge in [-0.05, 0) is 0 Å². The fourth-order valence-electron chi connectivity index (χ4n) is 0.482. The molecule has 0 amide bonds. The van der Waals surface area contributed by atoms with E-state index in [0.29, 0.717) is 0 Å². The molecular weight excluding hydrogens is 155 g/mol. The van der Waals surface area contributed by atoms with Gasteiger partial charge in [0.25, 0.3) is 0 Å². The van der Waals surface area contributed by atoms with Crippen LogP contribution in [0.25, 0.3) is 0 Å². The SMILES string of the molecule is FC1=C(F)[C+](F)C(F)=C1F. The third-order valence-electron chi connectivity index (χ3n) is 0.964. The second kappa shape index (κ2) is 2.00. The molecule has 0 fully saturated rings. The summed E-state index contributed by atoms with van der Waals surface area (Å²) in [5.41, 5.74) is 0. The van der Waals surface area contributed by atoms with E-state index in [9.17, 15) is 22.0 Å². The topological polar surface area (TPSA) is 0 Å². The Morgan fingerprint density at radius 2 is 1.10 bits per heavy atom. The van der Waals surface area contributed by atoms with Crippen LogP contribution in [0.2, 0.25) is 0 Å². The summed E-state index contributed by atoms with van der Waals surface area (Å²) in [6.45, 7) is 0. The largest absolute Gasteiger partial charge is 0.352 e. The van der Waals surface area contributed by atoms with Crippen molar-refractivity contribution in [3.8, 4) is 0 Å². The summed E-state index contributed by atoms with van der Waals surface area (Å²) in [4.78, 5) is 0. The van der Waals surface area contributed by atoms with Gasteiger partial charge in [-0.2, -0.15) is 8.78 Å². The molecule has 0 aromatic carbocycles. The molecule has 0 aliphatic heterocycles. The highest BCUT2D eigenvalue weighted by Gasteiger charge is 2.49. The molecular formula is C5F5+. The molecule has 5 heteroatoms. The van der Waals surface area contributed by atoms with Gasteiger partial charge >= 0.3 is 29.5 Å². The van der Waals surface area contributed by atoms with Gasteiger partial charge in [-0.25, -0.2) is 0 Å². The maximum Gasteiger partial charge on any atom is 0.352 e. The lowest BCUT2D eigenvalue weighted by molar-refractivity contribution is 0.419. The Labute approximate surface area is 52.6 Å². The van der Waals surface area contributed by atoms with Gasteiger partial charge in [-0.3, -0.25) is 0 Å². The Morgan fingerprint density at radius 3 is 1.20 bits per heavy atom. The first-order chi connectivity index (χ1) is 4.55. The molecule has 0 unspecified atom stereocenters. The standard InChI is InChI=1S/C5F5/c6-1-2(7)4(9)5(10)3(1)8/q+1. The molecule has 0 N–H and O–H groups in total. The fraction of sp³-hybridized carbons (Fsp3) is 0. The molecule has 0 atom stereocenters. The number of halogens is 5. The molecule has 0 saturated carbocycles. The minimum Gasteiger partial charge on any atom is -0.166 e. The van der Waals surface area contributed by atoms with Gasteiger partial charge in [-0.1, -0.05) is 0 Å². The first-order valence-electron chi connectivity index (χ1n) is 2.19. The third kappa shape index (κ3) is 0.698. The van der Waals surface area contributed by atoms with Crippen LogP contribution in [0.5, 0.6) is 0 Å². The van der Waals surface area contributed by atoms with Gasteiger partial charge in [0.1, 0.15) is 0 Å². The zero-order valence-corrected chi connectivity index (χ0v) is 4.39. The lowest BCUT2D eigenvalue weighted by Crippen LogP contribution is -1.84. The van der Waals surface area contributed by atoms with E-state index in [1.165, 1.54) is 0 Å². The molecule has 0 heterocycles. The molecule has 1 rings (SSSR count). The smallest absolute Gasteiger partial charge is 0.166 e. The van der Waals surface area contributed by atoms with E-state index in [-0.39, 0.29) is 0 Å². The molecule has 0 bridgehead atoms. The Kier molecular flexibility index (Phi) is 1.42. The van der Waals surface area contributed by atoms with Crippen molar-refractivity contribution in [3.63, 3.8) is 0 Å². The van der Waals surface area contributed by atoms with Crippen LogP contribution in [-0.2, 0) is 0 Å². The van der Waals surface area contributed by atoms with E-state index >= 15 is 0 Å². The van der Waals surface area contributed by atoms with E-state index < -0.39 is 29.5 Å². The molecule has 0 spiro atoms. The van der Waals surface area contributed by atoms with E-state index in [0.717, 1.165) is 0 Å². The van der Waals surface area contributed by atoms with Crippen LogP contribution in [0.15, 0.2) is 23.3 Å². The highest BCUT2D eigenvalue weighted by molar-refractivity contribution is 5.46. The lowest BCUT2D eigenvalue weighted by Gasteiger charge is -1.80. The average Bonchev–Trinajstić information content (AvgIpc) is 2.07. The zero-order valence-electron chi connectivity index (χ0n) is 4.39. The molecule has 0 aromatic heterocycles. The first kappa shape index (κ1) is 7.11. The zero-order chi connectivity index (χ0) is 7.89. The Balaban J connectivity index is 3.09. The highest BCUT2D eigenvalue weighted by atomic mass is 19.2. The number of hydrogen-bond acceptors (Lipinski definition) is 0. The summed E-state index contributed by atoms with van der Waals surface area (Å²) in [5, 5.41) is 0. The van der Waals surface area contributed by atoms with Crippen molar-refractivity contribution >= 4 is 0 Å². The van der Waals surface area contributed by atoms with Crippen molar-refractivity contribution < 1.29 is 22.0 Å². The molecule has 10 heavy (non-hydrogen) atoms. The maximum atomic E-state index is 11.8. The predicted octanol–water partition coefficient (Wildman–Crippen LogP) is 2.80. The monoisotopic (exact) mass is 155 g/mol. The minimum absolute atomic E-state index is 2.12. The van der Waals surface area contributed by atoms with Crippen LogP contribution in [0.3, 0.4) is 0 Å². The Bertz CT molecular complexity index is 202. The summed E-state index contributed by atoms with van der Waals surface area (Å²) in [5.74, 6) is -8.46. The van der Waals surface area contributed by atoms with Crippen molar-refractivity contribution in [2.45, 2.75) is 0 Å². The van der Waals surface area contributed by atoms with E-state index in [4.69, 9.17) is 0 Å². The van der Waals surface area contributed by atoms with E-state index in [1.54, 1.807) is 0 Å². The number of hydrogen-bond donors (Lipinski definition) is 0. The first-order valence-corrected chi connectivity index (χ1v) is 2.19. The fourth-order valence-corrected chi connectivity index (χ4v) is 0.482. The van der Waals surface area contributed by atoms with E-state index in [1.807, 2.05) is 0 Å². The second-order valence-corrected chi connectivity index (χ2v) is 1.57. The van der Waals surface area contributed by atoms with Gasteiger partial charge in [0.15, 0.2) is 0 Å². The average molecular weight is 155 g/mol. The number of allylic oxidation sites excluding steroid dienone is 4. The summed E-state index contributed by atoms with van der Waals surface area (Å²) >= 11 is 0. The molecule has 0 saturated heterocycles. The summed E-state index contributed by atoms with van der Waals surface area (Å²) in [6, 6.07) is 0. The van der Waals surface area contributed by atoms with E-state index in [2.05, 4.69) is 0 Å². The Hall–Kier alpha value is -1.00. The molecule has 0 radical (unpaired) electrons. The van der Waals surface area contributed by atoms with Gasteiger partial charge in [0, 0.05) is 0 Å². The van der Waals surface area contributed by atoms with Gasteiger partial charge in [-0.15, -0.1) is 13.2 Å². The van der Waals surface area contributed by atoms with Crippen LogP contribution in [0, 0.1) is 6.17 Å². The van der Waals surface area contributed by atoms with Crippen molar-refractivity contribution in [3.05, 3.63) is 29.5 Å². The second-order valence-electron chi connectivity index (χ2n) is 1.57. The van der Waals surface area contributed by atoms with Crippen LogP contribution in [0.1, 0.15) is 0 Å². The van der Waals surface area contributed by atoms with Crippen LogP contribution in [-0.4, -0.2) is 0 Å². The molecule has 54 valence electrons. The summed E-state index contributed by atoms with van der Waals surface area (Å²) < 4.78 is 58.9. The van der Waals surface area contributed by atoms with Crippen molar-refractivity contribution in [2.75, 3.05) is 0 Å². The highest BCUT2D eigenvalue weighted by Crippen LogP contribution is 2.42. The van der Waals surface area contributed by atoms with Crippen LogP contribution < -0.4 is 0 Å². The quantitative estimate of drug-likeness (QED) is 0.372. The van der Waals surface area contributed by atoms with Gasteiger partial charge in [0.05, 0.1) is 0 Å². The normalized spacial score (nSPS) is 19.5. The van der Waals surface area contributed by atoms with Crippen molar-refractivity contribution in [1.29, 1.82) is 0 Å². The third-order valence-corrected chi connectivity index (χ3v) is 0.964. The van der Waals surface area contributed by atoms with Gasteiger partial charge in [0.2, 0.25) is 0 Å². The number of rotatable bonds is 0. The lowest BCUT2D eigenvalue weighted by atomic mass is 10.4. The molecule has 0 aromatic rings. The van der Waals surface area contributed by atoms with Gasteiger partial charge < -0.3 is 0 Å². The van der Waals surface area contributed by atoms with Crippen LogP contribution >= 0.6 is 0 Å². The molecule has 0 nitrogen and oxygen atoms in total. The Morgan fingerprint density at radius 1 is 0.800 bits per heavy atom. The van der Waals surface area contributed by atoms with Crippen molar-refractivity contribution in [1.82, 2.24) is 0 Å². The van der Waals surface area contributed by atoms with Crippen LogP contribution in [0.4, 0.5) is 22.0 Å². The maximum absolute atomic E-state index is 11.8. The predicted molar refractivity (Wildman–Crippen MR) is 22.8 cm³/mol.